The van der Waals surface area contributed by atoms with Crippen LogP contribution < -0.4 is 5.32 Å². The van der Waals surface area contributed by atoms with Gasteiger partial charge in [-0.25, -0.2) is 13.2 Å². The number of aryl methyl sites for hydroxylation is 1. The van der Waals surface area contributed by atoms with Gasteiger partial charge in [0.2, 0.25) is 0 Å². The molecule has 0 unspecified atom stereocenters. The van der Waals surface area contributed by atoms with Crippen molar-refractivity contribution in [2.45, 2.75) is 13.5 Å². The molecule has 0 atom stereocenters. The Kier molecular flexibility index (Phi) is 3.64. The SMILES string of the molecule is Cc1cc(F)c(NCc2cc(F)ccc2O)cc1F. The largest absolute Gasteiger partial charge is 0.508 e. The molecule has 0 aliphatic rings. The fraction of sp³-hybridized carbons (Fsp3) is 0.143. The number of phenols is 1. The van der Waals surface area contributed by atoms with E-state index in [0.717, 1.165) is 24.3 Å². The molecule has 0 radical (unpaired) electrons. The number of halogens is 3. The van der Waals surface area contributed by atoms with Crippen LogP contribution in [0.15, 0.2) is 30.3 Å². The summed E-state index contributed by atoms with van der Waals surface area (Å²) in [7, 11) is 0. The highest BCUT2D eigenvalue weighted by Crippen LogP contribution is 2.22. The van der Waals surface area contributed by atoms with Gasteiger partial charge in [-0.2, -0.15) is 0 Å². The number of benzene rings is 2. The van der Waals surface area contributed by atoms with E-state index in [0.29, 0.717) is 0 Å². The van der Waals surface area contributed by atoms with Crippen molar-refractivity contribution in [1.29, 1.82) is 0 Å². The average molecular weight is 267 g/mol. The lowest BCUT2D eigenvalue weighted by Crippen LogP contribution is -2.03. The lowest BCUT2D eigenvalue weighted by Gasteiger charge is -2.10. The third-order valence-corrected chi connectivity index (χ3v) is 2.76. The van der Waals surface area contributed by atoms with Crippen molar-refractivity contribution < 1.29 is 18.3 Å². The van der Waals surface area contributed by atoms with Gasteiger partial charge in [0.25, 0.3) is 0 Å². The monoisotopic (exact) mass is 267 g/mol. The summed E-state index contributed by atoms with van der Waals surface area (Å²) >= 11 is 0. The second-order valence-electron chi connectivity index (χ2n) is 4.21. The van der Waals surface area contributed by atoms with E-state index < -0.39 is 17.5 Å². The van der Waals surface area contributed by atoms with Gasteiger partial charge in [-0.05, 0) is 36.8 Å². The second-order valence-corrected chi connectivity index (χ2v) is 4.21. The molecule has 2 nitrogen and oxygen atoms in total. The number of nitrogens with one attached hydrogen (secondary N) is 1. The van der Waals surface area contributed by atoms with Crippen LogP contribution in [0.4, 0.5) is 18.9 Å². The summed E-state index contributed by atoms with van der Waals surface area (Å²) in [5.74, 6) is -1.76. The van der Waals surface area contributed by atoms with Crippen LogP contribution in [0.1, 0.15) is 11.1 Å². The van der Waals surface area contributed by atoms with E-state index in [9.17, 15) is 18.3 Å². The molecule has 0 spiro atoms. The highest BCUT2D eigenvalue weighted by atomic mass is 19.1. The van der Waals surface area contributed by atoms with Gasteiger partial charge in [-0.15, -0.1) is 0 Å². The molecule has 0 aromatic heterocycles. The van der Waals surface area contributed by atoms with E-state index in [1.165, 1.54) is 13.0 Å². The minimum atomic E-state index is -0.602. The second kappa shape index (κ2) is 5.22. The van der Waals surface area contributed by atoms with Crippen molar-refractivity contribution in [3.8, 4) is 5.75 Å². The molecule has 0 heterocycles. The summed E-state index contributed by atoms with van der Waals surface area (Å²) in [6, 6.07) is 5.55. The van der Waals surface area contributed by atoms with Gasteiger partial charge in [0.05, 0.1) is 5.69 Å². The molecular formula is C14H12F3NO. The Balaban J connectivity index is 2.19. The summed E-state index contributed by atoms with van der Waals surface area (Å²) in [5.41, 5.74) is 0.434. The fourth-order valence-corrected chi connectivity index (χ4v) is 1.67. The maximum atomic E-state index is 13.5. The zero-order valence-corrected chi connectivity index (χ0v) is 10.2. The Morgan fingerprint density at radius 1 is 1.05 bits per heavy atom. The quantitative estimate of drug-likeness (QED) is 0.888. The topological polar surface area (TPSA) is 32.3 Å². The molecular weight excluding hydrogens is 255 g/mol. The van der Waals surface area contributed by atoms with Crippen LogP contribution in [-0.2, 0) is 6.54 Å². The molecule has 0 bridgehead atoms. The average Bonchev–Trinajstić information content (AvgIpc) is 2.36. The third-order valence-electron chi connectivity index (χ3n) is 2.76. The van der Waals surface area contributed by atoms with Gasteiger partial charge in [0, 0.05) is 18.2 Å². The van der Waals surface area contributed by atoms with Gasteiger partial charge < -0.3 is 10.4 Å². The van der Waals surface area contributed by atoms with Gasteiger partial charge in [0.15, 0.2) is 0 Å². The Bertz CT molecular complexity index is 614. The van der Waals surface area contributed by atoms with Gasteiger partial charge >= 0.3 is 0 Å². The standard InChI is InChI=1S/C14H12F3NO/c1-8-4-12(17)13(6-11(8)16)18-7-9-5-10(15)2-3-14(9)19/h2-6,18-19H,7H2,1H3. The Morgan fingerprint density at radius 2 is 1.79 bits per heavy atom. The highest BCUT2D eigenvalue weighted by molar-refractivity contribution is 5.48. The van der Waals surface area contributed by atoms with Crippen LogP contribution in [-0.4, -0.2) is 5.11 Å². The number of hydrogen-bond donors (Lipinski definition) is 2. The first-order chi connectivity index (χ1) is 8.97. The Labute approximate surface area is 108 Å². The van der Waals surface area contributed by atoms with E-state index in [1.54, 1.807) is 0 Å². The molecule has 0 fully saturated rings. The molecule has 0 aliphatic heterocycles. The smallest absolute Gasteiger partial charge is 0.146 e. The number of phenolic OH excluding ortho intramolecular Hbond substituents is 1. The number of rotatable bonds is 3. The van der Waals surface area contributed by atoms with Crippen molar-refractivity contribution in [2.24, 2.45) is 0 Å². The maximum Gasteiger partial charge on any atom is 0.146 e. The number of hydrogen-bond acceptors (Lipinski definition) is 2. The molecule has 0 saturated carbocycles. The van der Waals surface area contributed by atoms with Gasteiger partial charge in [0.1, 0.15) is 23.2 Å². The Hall–Kier alpha value is -2.17. The molecule has 0 amide bonds. The summed E-state index contributed by atoms with van der Waals surface area (Å²) in [6.07, 6.45) is 0. The van der Waals surface area contributed by atoms with E-state index in [-0.39, 0.29) is 29.1 Å². The minimum absolute atomic E-state index is 0.0109. The molecule has 2 rings (SSSR count). The summed E-state index contributed by atoms with van der Waals surface area (Å²) in [6.45, 7) is 1.45. The number of aromatic hydroxyl groups is 1. The molecule has 0 aliphatic carbocycles. The summed E-state index contributed by atoms with van der Waals surface area (Å²) < 4.78 is 39.9. The van der Waals surface area contributed by atoms with Gasteiger partial charge in [-0.1, -0.05) is 0 Å². The van der Waals surface area contributed by atoms with Crippen LogP contribution >= 0.6 is 0 Å². The third kappa shape index (κ3) is 2.99. The van der Waals surface area contributed by atoms with Crippen LogP contribution in [0, 0.1) is 24.4 Å². The molecule has 0 saturated heterocycles. The van der Waals surface area contributed by atoms with Crippen molar-refractivity contribution in [3.63, 3.8) is 0 Å². The number of anilines is 1. The van der Waals surface area contributed by atoms with Crippen molar-refractivity contribution in [2.75, 3.05) is 5.32 Å². The van der Waals surface area contributed by atoms with Crippen molar-refractivity contribution in [3.05, 3.63) is 58.9 Å². The minimum Gasteiger partial charge on any atom is -0.508 e. The van der Waals surface area contributed by atoms with Crippen LogP contribution in [0.5, 0.6) is 5.75 Å². The van der Waals surface area contributed by atoms with E-state index >= 15 is 0 Å². The highest BCUT2D eigenvalue weighted by Gasteiger charge is 2.08. The van der Waals surface area contributed by atoms with E-state index in [2.05, 4.69) is 5.32 Å². The van der Waals surface area contributed by atoms with Crippen LogP contribution in [0.3, 0.4) is 0 Å². The molecule has 2 N–H and O–H groups in total. The lowest BCUT2D eigenvalue weighted by molar-refractivity contribution is 0.466. The normalized spacial score (nSPS) is 10.5. The molecule has 2 aromatic rings. The van der Waals surface area contributed by atoms with Crippen LogP contribution in [0.2, 0.25) is 0 Å². The summed E-state index contributed by atoms with van der Waals surface area (Å²) in [5, 5.41) is 12.1. The van der Waals surface area contributed by atoms with Gasteiger partial charge in [-0.3, -0.25) is 0 Å². The first-order valence-electron chi connectivity index (χ1n) is 5.64. The molecule has 2 aromatic carbocycles. The predicted octanol–water partition coefficient (Wildman–Crippen LogP) is 3.73. The first kappa shape index (κ1) is 13.3. The first-order valence-corrected chi connectivity index (χ1v) is 5.64. The molecule has 5 heteroatoms. The van der Waals surface area contributed by atoms with Crippen LogP contribution in [0.25, 0.3) is 0 Å². The lowest BCUT2D eigenvalue weighted by atomic mass is 10.1. The summed E-state index contributed by atoms with van der Waals surface area (Å²) in [4.78, 5) is 0. The van der Waals surface area contributed by atoms with Crippen molar-refractivity contribution in [1.82, 2.24) is 0 Å². The zero-order valence-electron chi connectivity index (χ0n) is 10.2. The molecule has 19 heavy (non-hydrogen) atoms. The maximum absolute atomic E-state index is 13.5. The van der Waals surface area contributed by atoms with E-state index in [4.69, 9.17) is 0 Å². The Morgan fingerprint density at radius 3 is 2.53 bits per heavy atom. The predicted molar refractivity (Wildman–Crippen MR) is 66.5 cm³/mol. The molecule has 100 valence electrons. The van der Waals surface area contributed by atoms with E-state index in [1.807, 2.05) is 0 Å². The fourth-order valence-electron chi connectivity index (χ4n) is 1.67. The zero-order chi connectivity index (χ0) is 14.0. The van der Waals surface area contributed by atoms with Crippen molar-refractivity contribution >= 4 is 5.69 Å².